The van der Waals surface area contributed by atoms with E-state index in [0.29, 0.717) is 23.3 Å². The van der Waals surface area contributed by atoms with Gasteiger partial charge in [0.05, 0.1) is 0 Å². The van der Waals surface area contributed by atoms with Gasteiger partial charge in [-0.15, -0.1) is 10.2 Å². The van der Waals surface area contributed by atoms with Crippen molar-refractivity contribution in [2.45, 2.75) is 12.8 Å². The van der Waals surface area contributed by atoms with E-state index in [1.165, 1.54) is 11.3 Å². The summed E-state index contributed by atoms with van der Waals surface area (Å²) in [6.45, 7) is 0. The van der Waals surface area contributed by atoms with Crippen LogP contribution in [-0.4, -0.2) is 26.2 Å². The number of hydrogen-bond acceptors (Lipinski definition) is 8. The number of anilines is 1. The molecule has 20 heavy (non-hydrogen) atoms. The Bertz CT molecular complexity index is 678. The SMILES string of the molecule is O=C(CCc1nc(-c2ccsc2)no1)Nc1nncs1. The average molecular weight is 307 g/mol. The Morgan fingerprint density at radius 2 is 2.40 bits per heavy atom. The van der Waals surface area contributed by atoms with E-state index in [1.807, 2.05) is 16.8 Å². The van der Waals surface area contributed by atoms with E-state index in [9.17, 15) is 4.79 Å². The zero-order valence-corrected chi connectivity index (χ0v) is 11.8. The summed E-state index contributed by atoms with van der Waals surface area (Å²) in [5.74, 6) is 0.835. The standard InChI is InChI=1S/C11H9N5O2S2/c17-8(13-11-15-12-6-20-11)1-2-9-14-10(16-18-9)7-3-4-19-5-7/h3-6H,1-2H2,(H,13,15,17). The Morgan fingerprint density at radius 1 is 1.45 bits per heavy atom. The molecule has 1 amide bonds. The van der Waals surface area contributed by atoms with Gasteiger partial charge in [0.1, 0.15) is 5.51 Å². The highest BCUT2D eigenvalue weighted by Gasteiger charge is 2.11. The maximum atomic E-state index is 11.7. The quantitative estimate of drug-likeness (QED) is 0.776. The minimum atomic E-state index is -0.156. The number of aryl methyl sites for hydroxylation is 1. The molecule has 0 aromatic carbocycles. The Hall–Kier alpha value is -2.13. The second-order valence-corrected chi connectivity index (χ2v) is 5.43. The van der Waals surface area contributed by atoms with Crippen LogP contribution >= 0.6 is 22.7 Å². The first-order valence-electron chi connectivity index (χ1n) is 5.72. The van der Waals surface area contributed by atoms with Crippen molar-refractivity contribution >= 4 is 33.7 Å². The van der Waals surface area contributed by atoms with Crippen LogP contribution in [0, 0.1) is 0 Å². The smallest absolute Gasteiger partial charge is 0.227 e. The molecule has 0 atom stereocenters. The summed E-state index contributed by atoms with van der Waals surface area (Å²) >= 11 is 2.84. The largest absolute Gasteiger partial charge is 0.339 e. The van der Waals surface area contributed by atoms with Gasteiger partial charge in [0.15, 0.2) is 0 Å². The fourth-order valence-corrected chi connectivity index (χ4v) is 2.59. The lowest BCUT2D eigenvalue weighted by Crippen LogP contribution is -2.12. The molecule has 1 N–H and O–H groups in total. The molecule has 3 aromatic heterocycles. The molecule has 0 bridgehead atoms. The van der Waals surface area contributed by atoms with Crippen molar-refractivity contribution in [1.82, 2.24) is 20.3 Å². The lowest BCUT2D eigenvalue weighted by molar-refractivity contribution is -0.116. The predicted octanol–water partition coefficient (Wildman–Crippen LogP) is 2.22. The molecule has 0 aliphatic heterocycles. The summed E-state index contributed by atoms with van der Waals surface area (Å²) in [4.78, 5) is 15.9. The van der Waals surface area contributed by atoms with Crippen molar-refractivity contribution < 1.29 is 9.32 Å². The number of aromatic nitrogens is 4. The monoisotopic (exact) mass is 307 g/mol. The van der Waals surface area contributed by atoms with Crippen LogP contribution in [0.5, 0.6) is 0 Å². The molecule has 0 saturated heterocycles. The van der Waals surface area contributed by atoms with Gasteiger partial charge in [-0.3, -0.25) is 4.79 Å². The third-order valence-electron chi connectivity index (χ3n) is 2.42. The van der Waals surface area contributed by atoms with Crippen LogP contribution in [0.1, 0.15) is 12.3 Å². The number of amides is 1. The van der Waals surface area contributed by atoms with Gasteiger partial charge in [0.25, 0.3) is 0 Å². The first-order valence-corrected chi connectivity index (χ1v) is 7.54. The van der Waals surface area contributed by atoms with Crippen LogP contribution in [0.3, 0.4) is 0 Å². The summed E-state index contributed by atoms with van der Waals surface area (Å²) in [6, 6.07) is 1.92. The topological polar surface area (TPSA) is 93.8 Å². The molecule has 102 valence electrons. The summed E-state index contributed by atoms with van der Waals surface area (Å²) in [7, 11) is 0. The Labute approximate surface area is 121 Å². The molecule has 9 heteroatoms. The number of hydrogen-bond donors (Lipinski definition) is 1. The number of nitrogens with one attached hydrogen (secondary N) is 1. The average Bonchev–Trinajstić information content (AvgIpc) is 3.18. The van der Waals surface area contributed by atoms with Gasteiger partial charge in [0.2, 0.25) is 22.8 Å². The molecule has 0 aliphatic carbocycles. The van der Waals surface area contributed by atoms with Crippen LogP contribution < -0.4 is 5.32 Å². The van der Waals surface area contributed by atoms with Gasteiger partial charge in [-0.25, -0.2) is 0 Å². The first kappa shape index (κ1) is 12.9. The fraction of sp³-hybridized carbons (Fsp3) is 0.182. The molecule has 0 unspecified atom stereocenters. The third-order valence-corrected chi connectivity index (χ3v) is 3.71. The molecular weight excluding hydrogens is 298 g/mol. The second kappa shape index (κ2) is 5.88. The number of nitrogens with zero attached hydrogens (tertiary/aromatic N) is 4. The van der Waals surface area contributed by atoms with Crippen LogP contribution in [0.25, 0.3) is 11.4 Å². The number of carbonyl (C=O) groups is 1. The molecule has 7 nitrogen and oxygen atoms in total. The maximum Gasteiger partial charge on any atom is 0.227 e. The predicted molar refractivity (Wildman–Crippen MR) is 74.5 cm³/mol. The highest BCUT2D eigenvalue weighted by molar-refractivity contribution is 7.13. The highest BCUT2D eigenvalue weighted by atomic mass is 32.1. The van der Waals surface area contributed by atoms with E-state index in [4.69, 9.17) is 4.52 Å². The lowest BCUT2D eigenvalue weighted by Gasteiger charge is -1.97. The fourth-order valence-electron chi connectivity index (χ4n) is 1.50. The normalized spacial score (nSPS) is 10.6. The molecule has 0 saturated carbocycles. The molecule has 0 aliphatic rings. The minimum Gasteiger partial charge on any atom is -0.339 e. The minimum absolute atomic E-state index is 0.156. The molecular formula is C11H9N5O2S2. The van der Waals surface area contributed by atoms with E-state index in [1.54, 1.807) is 16.8 Å². The van der Waals surface area contributed by atoms with Crippen molar-refractivity contribution in [3.63, 3.8) is 0 Å². The second-order valence-electron chi connectivity index (χ2n) is 3.82. The van der Waals surface area contributed by atoms with Crippen molar-refractivity contribution in [3.8, 4) is 11.4 Å². The summed E-state index contributed by atoms with van der Waals surface area (Å²) < 4.78 is 5.11. The van der Waals surface area contributed by atoms with Crippen molar-refractivity contribution in [3.05, 3.63) is 28.2 Å². The molecule has 0 radical (unpaired) electrons. The van der Waals surface area contributed by atoms with Crippen LogP contribution in [0.4, 0.5) is 5.13 Å². The van der Waals surface area contributed by atoms with Gasteiger partial charge >= 0.3 is 0 Å². The van der Waals surface area contributed by atoms with E-state index in [0.717, 1.165) is 5.56 Å². The Balaban J connectivity index is 1.55. The van der Waals surface area contributed by atoms with Crippen LogP contribution in [0.15, 0.2) is 26.9 Å². The molecule has 0 fully saturated rings. The highest BCUT2D eigenvalue weighted by Crippen LogP contribution is 2.19. The molecule has 0 spiro atoms. The molecule has 3 heterocycles. The zero-order chi connectivity index (χ0) is 13.8. The van der Waals surface area contributed by atoms with Crippen molar-refractivity contribution in [2.24, 2.45) is 0 Å². The van der Waals surface area contributed by atoms with E-state index in [-0.39, 0.29) is 12.3 Å². The van der Waals surface area contributed by atoms with Gasteiger partial charge in [-0.05, 0) is 11.4 Å². The first-order chi connectivity index (χ1) is 9.81. The van der Waals surface area contributed by atoms with Gasteiger partial charge in [-0.1, -0.05) is 16.5 Å². The number of thiophene rings is 1. The van der Waals surface area contributed by atoms with Crippen molar-refractivity contribution in [2.75, 3.05) is 5.32 Å². The van der Waals surface area contributed by atoms with Gasteiger partial charge < -0.3 is 9.84 Å². The van der Waals surface area contributed by atoms with E-state index in [2.05, 4.69) is 25.7 Å². The Morgan fingerprint density at radius 3 is 3.15 bits per heavy atom. The third kappa shape index (κ3) is 3.06. The number of carbonyl (C=O) groups excluding carboxylic acids is 1. The summed E-state index contributed by atoms with van der Waals surface area (Å²) in [6.07, 6.45) is 0.645. The number of rotatable bonds is 5. The van der Waals surface area contributed by atoms with E-state index < -0.39 is 0 Å². The zero-order valence-electron chi connectivity index (χ0n) is 10.1. The van der Waals surface area contributed by atoms with Crippen LogP contribution in [0.2, 0.25) is 0 Å². The Kier molecular flexibility index (Phi) is 3.79. The van der Waals surface area contributed by atoms with E-state index >= 15 is 0 Å². The summed E-state index contributed by atoms with van der Waals surface area (Å²) in [5.41, 5.74) is 2.48. The molecule has 3 rings (SSSR count). The maximum absolute atomic E-state index is 11.7. The van der Waals surface area contributed by atoms with Crippen LogP contribution in [-0.2, 0) is 11.2 Å². The molecule has 3 aromatic rings. The van der Waals surface area contributed by atoms with Gasteiger partial charge in [-0.2, -0.15) is 16.3 Å². The lowest BCUT2D eigenvalue weighted by atomic mass is 10.3. The summed E-state index contributed by atoms with van der Waals surface area (Å²) in [5, 5.41) is 18.3. The van der Waals surface area contributed by atoms with Crippen molar-refractivity contribution in [1.29, 1.82) is 0 Å². The van der Waals surface area contributed by atoms with Gasteiger partial charge in [0, 0.05) is 23.8 Å².